The van der Waals surface area contributed by atoms with E-state index in [2.05, 4.69) is 9.82 Å². The zero-order chi connectivity index (χ0) is 13.6. The fourth-order valence-electron chi connectivity index (χ4n) is 1.48. The first-order chi connectivity index (χ1) is 8.51. The van der Waals surface area contributed by atoms with Crippen molar-refractivity contribution in [3.63, 3.8) is 0 Å². The zero-order valence-corrected chi connectivity index (χ0v) is 11.3. The van der Waals surface area contributed by atoms with Crippen LogP contribution >= 0.6 is 0 Å². The monoisotopic (exact) mass is 276 g/mol. The molecule has 1 aromatic rings. The van der Waals surface area contributed by atoms with Crippen LogP contribution in [0.5, 0.6) is 0 Å². The van der Waals surface area contributed by atoms with E-state index in [1.54, 1.807) is 0 Å². The Hall–Kier alpha value is -1.12. The standard InChI is InChI=1S/C10H20N4O3S/c1-2-14-8-9(10(11)13-14)18(16,17)12-6-4-3-5-7-15/h8,12,15H,2-7H2,1H3,(H2,11,13). The summed E-state index contributed by atoms with van der Waals surface area (Å²) in [4.78, 5) is 0.0199. The van der Waals surface area contributed by atoms with E-state index >= 15 is 0 Å². The number of aliphatic hydroxyl groups excluding tert-OH is 1. The van der Waals surface area contributed by atoms with Crippen molar-refractivity contribution in [2.45, 2.75) is 37.6 Å². The highest BCUT2D eigenvalue weighted by Gasteiger charge is 2.20. The van der Waals surface area contributed by atoms with E-state index < -0.39 is 10.0 Å². The number of sulfonamides is 1. The number of aliphatic hydroxyl groups is 1. The molecule has 0 radical (unpaired) electrons. The van der Waals surface area contributed by atoms with Gasteiger partial charge in [0, 0.05) is 25.9 Å². The van der Waals surface area contributed by atoms with E-state index in [-0.39, 0.29) is 17.3 Å². The largest absolute Gasteiger partial charge is 0.396 e. The first-order valence-corrected chi connectivity index (χ1v) is 7.43. The van der Waals surface area contributed by atoms with Crippen LogP contribution in [0, 0.1) is 0 Å². The highest BCUT2D eigenvalue weighted by atomic mass is 32.2. The van der Waals surface area contributed by atoms with Crippen LogP contribution in [0.15, 0.2) is 11.1 Å². The Kier molecular flexibility index (Phi) is 5.57. The minimum Gasteiger partial charge on any atom is -0.396 e. The summed E-state index contributed by atoms with van der Waals surface area (Å²) in [5.74, 6) is 0.0136. The van der Waals surface area contributed by atoms with Gasteiger partial charge in [0.25, 0.3) is 0 Å². The van der Waals surface area contributed by atoms with Crippen LogP contribution in [0.3, 0.4) is 0 Å². The summed E-state index contributed by atoms with van der Waals surface area (Å²) in [6, 6.07) is 0. The number of anilines is 1. The normalized spacial score (nSPS) is 11.9. The number of nitrogen functional groups attached to an aromatic ring is 1. The van der Waals surface area contributed by atoms with Crippen LogP contribution in [-0.4, -0.2) is 36.5 Å². The molecule has 1 rings (SSSR count). The molecule has 0 amide bonds. The maximum atomic E-state index is 11.9. The fourth-order valence-corrected chi connectivity index (χ4v) is 2.63. The van der Waals surface area contributed by atoms with Crippen molar-refractivity contribution in [1.29, 1.82) is 0 Å². The molecular weight excluding hydrogens is 256 g/mol. The van der Waals surface area contributed by atoms with E-state index in [4.69, 9.17) is 10.8 Å². The van der Waals surface area contributed by atoms with Crippen molar-refractivity contribution in [3.05, 3.63) is 6.20 Å². The molecule has 4 N–H and O–H groups in total. The van der Waals surface area contributed by atoms with Crippen LogP contribution in [0.2, 0.25) is 0 Å². The Morgan fingerprint density at radius 1 is 1.44 bits per heavy atom. The summed E-state index contributed by atoms with van der Waals surface area (Å²) in [5, 5.41) is 12.5. The molecule has 0 saturated heterocycles. The molecule has 0 atom stereocenters. The van der Waals surface area contributed by atoms with Gasteiger partial charge in [-0.3, -0.25) is 4.68 Å². The molecule has 0 aliphatic carbocycles. The van der Waals surface area contributed by atoms with Gasteiger partial charge in [-0.2, -0.15) is 5.10 Å². The van der Waals surface area contributed by atoms with Crippen molar-refractivity contribution in [3.8, 4) is 0 Å². The second-order valence-corrected chi connectivity index (χ2v) is 5.65. The molecular formula is C10H20N4O3S. The number of aromatic nitrogens is 2. The van der Waals surface area contributed by atoms with Crippen molar-refractivity contribution in [1.82, 2.24) is 14.5 Å². The maximum absolute atomic E-state index is 11.9. The van der Waals surface area contributed by atoms with Gasteiger partial charge in [0.1, 0.15) is 4.90 Å². The fraction of sp³-hybridized carbons (Fsp3) is 0.700. The summed E-state index contributed by atoms with van der Waals surface area (Å²) in [6.07, 6.45) is 3.56. The number of nitrogens with two attached hydrogens (primary N) is 1. The minimum absolute atomic E-state index is 0.0136. The van der Waals surface area contributed by atoms with Gasteiger partial charge in [-0.25, -0.2) is 13.1 Å². The second kappa shape index (κ2) is 6.72. The first-order valence-electron chi connectivity index (χ1n) is 5.94. The summed E-state index contributed by atoms with van der Waals surface area (Å²) in [6.45, 7) is 2.88. The first kappa shape index (κ1) is 14.9. The van der Waals surface area contributed by atoms with Gasteiger partial charge in [-0.15, -0.1) is 0 Å². The van der Waals surface area contributed by atoms with E-state index in [9.17, 15) is 8.42 Å². The maximum Gasteiger partial charge on any atom is 0.245 e. The molecule has 8 heteroatoms. The Morgan fingerprint density at radius 3 is 2.72 bits per heavy atom. The Labute approximate surface area is 107 Å². The van der Waals surface area contributed by atoms with Crippen LogP contribution in [0.25, 0.3) is 0 Å². The lowest BCUT2D eigenvalue weighted by molar-refractivity contribution is 0.283. The van der Waals surface area contributed by atoms with Gasteiger partial charge >= 0.3 is 0 Å². The number of hydrogen-bond acceptors (Lipinski definition) is 5. The smallest absolute Gasteiger partial charge is 0.245 e. The van der Waals surface area contributed by atoms with Crippen molar-refractivity contribution in [2.75, 3.05) is 18.9 Å². The lowest BCUT2D eigenvalue weighted by Gasteiger charge is -2.04. The molecule has 0 saturated carbocycles. The molecule has 7 nitrogen and oxygen atoms in total. The topological polar surface area (TPSA) is 110 Å². The Bertz CT molecular complexity index is 469. The average Bonchev–Trinajstić information content (AvgIpc) is 2.71. The molecule has 0 fully saturated rings. The number of nitrogens with zero attached hydrogens (tertiary/aromatic N) is 2. The van der Waals surface area contributed by atoms with E-state index in [1.165, 1.54) is 10.9 Å². The molecule has 1 heterocycles. The molecule has 1 aromatic heterocycles. The molecule has 0 spiro atoms. The van der Waals surface area contributed by atoms with E-state index in [0.29, 0.717) is 25.9 Å². The Morgan fingerprint density at radius 2 is 2.17 bits per heavy atom. The predicted molar refractivity (Wildman–Crippen MR) is 68.4 cm³/mol. The van der Waals surface area contributed by atoms with Gasteiger partial charge in [0.2, 0.25) is 10.0 Å². The average molecular weight is 276 g/mol. The van der Waals surface area contributed by atoms with Gasteiger partial charge < -0.3 is 10.8 Å². The second-order valence-electron chi connectivity index (χ2n) is 3.92. The number of nitrogens with one attached hydrogen (secondary N) is 1. The van der Waals surface area contributed by atoms with Crippen molar-refractivity contribution in [2.24, 2.45) is 0 Å². The molecule has 104 valence electrons. The lowest BCUT2D eigenvalue weighted by Crippen LogP contribution is -2.25. The highest BCUT2D eigenvalue weighted by molar-refractivity contribution is 7.89. The summed E-state index contributed by atoms with van der Waals surface area (Å²) in [5.41, 5.74) is 5.57. The molecule has 0 bridgehead atoms. The molecule has 0 unspecified atom stereocenters. The molecule has 0 aromatic carbocycles. The van der Waals surface area contributed by atoms with Crippen LogP contribution < -0.4 is 10.5 Å². The number of rotatable bonds is 8. The summed E-state index contributed by atoms with van der Waals surface area (Å²) in [7, 11) is -3.59. The van der Waals surface area contributed by atoms with Crippen LogP contribution in [0.1, 0.15) is 26.2 Å². The van der Waals surface area contributed by atoms with Gasteiger partial charge in [-0.05, 0) is 26.2 Å². The number of aryl methyl sites for hydroxylation is 1. The summed E-state index contributed by atoms with van der Waals surface area (Å²) >= 11 is 0. The third-order valence-corrected chi connectivity index (χ3v) is 3.97. The van der Waals surface area contributed by atoms with Gasteiger partial charge in [0.15, 0.2) is 5.82 Å². The SMILES string of the molecule is CCn1cc(S(=O)(=O)NCCCCCO)c(N)n1. The Balaban J connectivity index is 2.60. The molecule has 0 aliphatic heterocycles. The van der Waals surface area contributed by atoms with Gasteiger partial charge in [-0.1, -0.05) is 0 Å². The van der Waals surface area contributed by atoms with Gasteiger partial charge in [0.05, 0.1) is 0 Å². The number of hydrogen-bond donors (Lipinski definition) is 3. The predicted octanol–water partition coefficient (Wildman–Crippen LogP) is -0.0739. The zero-order valence-electron chi connectivity index (χ0n) is 10.5. The van der Waals surface area contributed by atoms with Crippen molar-refractivity contribution < 1.29 is 13.5 Å². The van der Waals surface area contributed by atoms with Crippen LogP contribution in [-0.2, 0) is 16.6 Å². The number of unbranched alkanes of at least 4 members (excludes halogenated alkanes) is 2. The third kappa shape index (κ3) is 3.97. The van der Waals surface area contributed by atoms with E-state index in [0.717, 1.165) is 6.42 Å². The van der Waals surface area contributed by atoms with E-state index in [1.807, 2.05) is 6.92 Å². The van der Waals surface area contributed by atoms with Crippen LogP contribution in [0.4, 0.5) is 5.82 Å². The van der Waals surface area contributed by atoms with Crippen molar-refractivity contribution >= 4 is 15.8 Å². The lowest BCUT2D eigenvalue weighted by atomic mass is 10.2. The molecule has 18 heavy (non-hydrogen) atoms. The molecule has 0 aliphatic rings. The highest BCUT2D eigenvalue weighted by Crippen LogP contribution is 2.15. The quantitative estimate of drug-likeness (QED) is 0.575. The third-order valence-electron chi connectivity index (χ3n) is 2.50. The minimum atomic E-state index is -3.59. The summed E-state index contributed by atoms with van der Waals surface area (Å²) < 4.78 is 27.8.